The average molecular weight is 404 g/mol. The lowest BCUT2D eigenvalue weighted by atomic mass is 10.1. The predicted octanol–water partition coefficient (Wildman–Crippen LogP) is 2.40. The van der Waals surface area contributed by atoms with Crippen LogP contribution in [-0.2, 0) is 9.59 Å². The van der Waals surface area contributed by atoms with Crippen molar-refractivity contribution in [3.8, 4) is 6.07 Å². The molecule has 0 N–H and O–H groups in total. The van der Waals surface area contributed by atoms with Crippen molar-refractivity contribution in [1.82, 2.24) is 4.90 Å². The third kappa shape index (κ3) is 3.39. The number of anilines is 1. The molecular weight excluding hydrogens is 388 g/mol. The van der Waals surface area contributed by atoms with Gasteiger partial charge in [-0.3, -0.25) is 24.5 Å². The molecule has 2 aromatic rings. The van der Waals surface area contributed by atoms with Gasteiger partial charge in [0.2, 0.25) is 5.91 Å². The number of imide groups is 1. The maximum Gasteiger partial charge on any atom is 0.269 e. The number of non-ortho nitro benzene ring substituents is 1. The van der Waals surface area contributed by atoms with Crippen molar-refractivity contribution in [2.75, 3.05) is 4.90 Å². The molecule has 150 valence electrons. The van der Waals surface area contributed by atoms with E-state index in [1.807, 2.05) is 6.07 Å². The summed E-state index contributed by atoms with van der Waals surface area (Å²) in [5.74, 6) is -1.34. The number of hydrogen-bond acceptors (Lipinski definition) is 6. The topological polar surface area (TPSA) is 125 Å². The van der Waals surface area contributed by atoms with Gasteiger partial charge in [0.25, 0.3) is 17.5 Å². The summed E-state index contributed by atoms with van der Waals surface area (Å²) in [5.41, 5.74) is 0.848. The van der Waals surface area contributed by atoms with Crippen molar-refractivity contribution in [3.05, 3.63) is 69.8 Å². The van der Waals surface area contributed by atoms with Crippen molar-refractivity contribution in [2.24, 2.45) is 0 Å². The molecule has 2 aliphatic rings. The van der Waals surface area contributed by atoms with Gasteiger partial charge in [-0.25, -0.2) is 4.90 Å². The minimum Gasteiger partial charge on any atom is -0.323 e. The first-order chi connectivity index (χ1) is 14.4. The van der Waals surface area contributed by atoms with Crippen molar-refractivity contribution >= 4 is 29.1 Å². The van der Waals surface area contributed by atoms with E-state index >= 15 is 0 Å². The smallest absolute Gasteiger partial charge is 0.269 e. The van der Waals surface area contributed by atoms with Crippen LogP contribution < -0.4 is 4.90 Å². The Bertz CT molecular complexity index is 1080. The highest BCUT2D eigenvalue weighted by atomic mass is 16.6. The minimum absolute atomic E-state index is 0.131. The summed E-state index contributed by atoms with van der Waals surface area (Å²) in [6, 6.07) is 12.2. The van der Waals surface area contributed by atoms with Gasteiger partial charge in [0.05, 0.1) is 28.7 Å². The largest absolute Gasteiger partial charge is 0.323 e. The van der Waals surface area contributed by atoms with E-state index in [1.165, 1.54) is 53.4 Å². The molecule has 1 saturated carbocycles. The lowest BCUT2D eigenvalue weighted by molar-refractivity contribution is -0.384. The van der Waals surface area contributed by atoms with E-state index in [0.29, 0.717) is 11.3 Å². The van der Waals surface area contributed by atoms with E-state index in [-0.39, 0.29) is 23.7 Å². The maximum absolute atomic E-state index is 13.1. The fourth-order valence-electron chi connectivity index (χ4n) is 3.58. The molecule has 9 heteroatoms. The molecule has 3 amide bonds. The van der Waals surface area contributed by atoms with Crippen LogP contribution in [0, 0.1) is 21.4 Å². The van der Waals surface area contributed by atoms with Crippen LogP contribution in [0.3, 0.4) is 0 Å². The molecule has 1 unspecified atom stereocenters. The van der Waals surface area contributed by atoms with Crippen LogP contribution in [0.1, 0.15) is 35.2 Å². The molecule has 4 rings (SSSR count). The number of hydrogen-bond donors (Lipinski definition) is 0. The fraction of sp³-hybridized carbons (Fsp3) is 0.238. The van der Waals surface area contributed by atoms with Crippen LogP contribution in [0.2, 0.25) is 0 Å². The van der Waals surface area contributed by atoms with E-state index in [0.717, 1.165) is 17.7 Å². The molecule has 1 heterocycles. The number of nitro groups is 1. The second-order valence-electron chi connectivity index (χ2n) is 7.19. The van der Waals surface area contributed by atoms with E-state index in [4.69, 9.17) is 5.26 Å². The zero-order chi connectivity index (χ0) is 21.4. The van der Waals surface area contributed by atoms with Gasteiger partial charge in [-0.15, -0.1) is 0 Å². The van der Waals surface area contributed by atoms with Crippen LogP contribution >= 0.6 is 0 Å². The maximum atomic E-state index is 13.1. The Labute approximate surface area is 171 Å². The Morgan fingerprint density at radius 2 is 1.73 bits per heavy atom. The third-order valence-corrected chi connectivity index (χ3v) is 5.21. The standard InChI is InChI=1S/C21H16N4O5/c22-12-13-1-5-16(6-2-13)24-19(26)11-18(21(24)28)23(15-9-10-15)20(27)14-3-7-17(8-4-14)25(29)30/h1-8,15,18H,9-11H2. The van der Waals surface area contributed by atoms with Crippen LogP contribution in [-0.4, -0.2) is 39.6 Å². The second kappa shape index (κ2) is 7.40. The van der Waals surface area contributed by atoms with Gasteiger partial charge in [0.15, 0.2) is 0 Å². The van der Waals surface area contributed by atoms with E-state index in [2.05, 4.69) is 0 Å². The lowest BCUT2D eigenvalue weighted by Crippen LogP contribution is -2.46. The fourth-order valence-corrected chi connectivity index (χ4v) is 3.58. The lowest BCUT2D eigenvalue weighted by Gasteiger charge is -2.27. The van der Waals surface area contributed by atoms with Gasteiger partial charge in [-0.2, -0.15) is 5.26 Å². The number of nitrogens with zero attached hydrogens (tertiary/aromatic N) is 4. The summed E-state index contributed by atoms with van der Waals surface area (Å²) in [6.07, 6.45) is 1.33. The summed E-state index contributed by atoms with van der Waals surface area (Å²) in [4.78, 5) is 51.6. The number of benzene rings is 2. The first-order valence-electron chi connectivity index (χ1n) is 9.35. The number of carbonyl (C=O) groups excluding carboxylic acids is 3. The first kappa shape index (κ1) is 19.3. The zero-order valence-corrected chi connectivity index (χ0v) is 15.7. The third-order valence-electron chi connectivity index (χ3n) is 5.21. The highest BCUT2D eigenvalue weighted by molar-refractivity contribution is 6.23. The Hall–Kier alpha value is -4.06. The average Bonchev–Trinajstić information content (AvgIpc) is 3.54. The number of carbonyl (C=O) groups is 3. The van der Waals surface area contributed by atoms with Crippen LogP contribution in [0.5, 0.6) is 0 Å². The Balaban J connectivity index is 1.61. The number of rotatable bonds is 5. The minimum atomic E-state index is -0.927. The van der Waals surface area contributed by atoms with Crippen molar-refractivity contribution < 1.29 is 19.3 Å². The molecule has 0 radical (unpaired) electrons. The van der Waals surface area contributed by atoms with Crippen molar-refractivity contribution in [3.63, 3.8) is 0 Å². The summed E-state index contributed by atoms with van der Waals surface area (Å²) < 4.78 is 0. The molecule has 1 aliphatic heterocycles. The second-order valence-corrected chi connectivity index (χ2v) is 7.19. The molecule has 0 aromatic heterocycles. The van der Waals surface area contributed by atoms with Crippen LogP contribution in [0.15, 0.2) is 48.5 Å². The number of nitro benzene ring substituents is 1. The van der Waals surface area contributed by atoms with E-state index in [9.17, 15) is 24.5 Å². The van der Waals surface area contributed by atoms with Gasteiger partial charge < -0.3 is 4.90 Å². The normalized spacial score (nSPS) is 18.2. The Morgan fingerprint density at radius 1 is 1.10 bits per heavy atom. The molecular formula is C21H16N4O5. The Morgan fingerprint density at radius 3 is 2.27 bits per heavy atom. The number of nitriles is 1. The molecule has 2 aromatic carbocycles. The molecule has 9 nitrogen and oxygen atoms in total. The molecule has 1 atom stereocenters. The van der Waals surface area contributed by atoms with Gasteiger partial charge in [0.1, 0.15) is 6.04 Å². The van der Waals surface area contributed by atoms with Crippen molar-refractivity contribution in [2.45, 2.75) is 31.3 Å². The van der Waals surface area contributed by atoms with E-state index < -0.39 is 28.7 Å². The molecule has 1 aliphatic carbocycles. The predicted molar refractivity (Wildman–Crippen MR) is 104 cm³/mol. The summed E-state index contributed by atoms with van der Waals surface area (Å²) in [5, 5.41) is 19.8. The monoisotopic (exact) mass is 404 g/mol. The first-order valence-corrected chi connectivity index (χ1v) is 9.35. The van der Waals surface area contributed by atoms with Gasteiger partial charge in [-0.05, 0) is 49.2 Å². The van der Waals surface area contributed by atoms with E-state index in [1.54, 1.807) is 0 Å². The molecule has 30 heavy (non-hydrogen) atoms. The van der Waals surface area contributed by atoms with Crippen LogP contribution in [0.4, 0.5) is 11.4 Å². The van der Waals surface area contributed by atoms with Crippen molar-refractivity contribution in [1.29, 1.82) is 5.26 Å². The Kier molecular flexibility index (Phi) is 4.75. The molecule has 1 saturated heterocycles. The van der Waals surface area contributed by atoms with Gasteiger partial charge in [-0.1, -0.05) is 0 Å². The highest BCUT2D eigenvalue weighted by Crippen LogP contribution is 2.35. The highest BCUT2D eigenvalue weighted by Gasteiger charge is 2.48. The van der Waals surface area contributed by atoms with Gasteiger partial charge >= 0.3 is 0 Å². The molecule has 0 bridgehead atoms. The number of amides is 3. The van der Waals surface area contributed by atoms with Crippen LogP contribution in [0.25, 0.3) is 0 Å². The zero-order valence-electron chi connectivity index (χ0n) is 15.7. The summed E-state index contributed by atoms with van der Waals surface area (Å²) in [7, 11) is 0. The SMILES string of the molecule is N#Cc1ccc(N2C(=O)CC(N(C(=O)c3ccc([N+](=O)[O-])cc3)C3CC3)C2=O)cc1. The quantitative estimate of drug-likeness (QED) is 0.428. The molecule has 0 spiro atoms. The summed E-state index contributed by atoms with van der Waals surface area (Å²) in [6.45, 7) is 0. The molecule has 2 fully saturated rings. The summed E-state index contributed by atoms with van der Waals surface area (Å²) >= 11 is 0. The van der Waals surface area contributed by atoms with Gasteiger partial charge in [0, 0.05) is 23.7 Å².